The summed E-state index contributed by atoms with van der Waals surface area (Å²) in [5.74, 6) is -1.69. The highest BCUT2D eigenvalue weighted by Gasteiger charge is 2.30. The fourth-order valence-corrected chi connectivity index (χ4v) is 4.20. The van der Waals surface area contributed by atoms with Gasteiger partial charge < -0.3 is 15.7 Å². The van der Waals surface area contributed by atoms with E-state index < -0.39 is 33.4 Å². The Morgan fingerprint density at radius 1 is 1.35 bits per heavy atom. The zero-order valence-corrected chi connectivity index (χ0v) is 15.4. The van der Waals surface area contributed by atoms with E-state index in [1.807, 2.05) is 0 Å². The maximum Gasteiger partial charge on any atom is 0.319 e. The van der Waals surface area contributed by atoms with Gasteiger partial charge >= 0.3 is 12.0 Å². The van der Waals surface area contributed by atoms with Gasteiger partial charge in [-0.3, -0.25) is 9.10 Å². The summed E-state index contributed by atoms with van der Waals surface area (Å²) in [7, 11) is -3.54. The Kier molecular flexibility index (Phi) is 5.74. The topological polar surface area (TPSA) is 116 Å². The molecule has 0 atom stereocenters. The number of urea groups is 1. The van der Waals surface area contributed by atoms with Crippen LogP contribution in [0.25, 0.3) is 0 Å². The van der Waals surface area contributed by atoms with Crippen molar-refractivity contribution in [3.05, 3.63) is 24.0 Å². The Morgan fingerprint density at radius 2 is 2.04 bits per heavy atom. The molecule has 0 unspecified atom stereocenters. The molecule has 1 aromatic carbocycles. The van der Waals surface area contributed by atoms with Crippen molar-refractivity contribution < 1.29 is 27.5 Å². The molecule has 0 aromatic heterocycles. The summed E-state index contributed by atoms with van der Waals surface area (Å²) >= 11 is 0. The first-order valence-corrected chi connectivity index (χ1v) is 9.72. The number of carbonyl (C=O) groups is 2. The van der Waals surface area contributed by atoms with Gasteiger partial charge in [-0.15, -0.1) is 0 Å². The molecular weight excluding hydrogens is 365 g/mol. The molecule has 10 heteroatoms. The van der Waals surface area contributed by atoms with Crippen LogP contribution in [-0.4, -0.2) is 43.4 Å². The van der Waals surface area contributed by atoms with Crippen molar-refractivity contribution in [1.82, 2.24) is 5.32 Å². The SMILES string of the molecule is CC(C)(CCC(=O)O)NC(=O)Nc1ccc(F)c(N2CCCS2(=O)=O)c1. The van der Waals surface area contributed by atoms with Gasteiger partial charge in [-0.05, 0) is 44.9 Å². The lowest BCUT2D eigenvalue weighted by Gasteiger charge is -2.26. The van der Waals surface area contributed by atoms with Gasteiger partial charge in [0.1, 0.15) is 5.82 Å². The summed E-state index contributed by atoms with van der Waals surface area (Å²) in [5, 5.41) is 13.9. The molecule has 144 valence electrons. The van der Waals surface area contributed by atoms with Crippen LogP contribution in [0.1, 0.15) is 33.1 Å². The van der Waals surface area contributed by atoms with Gasteiger partial charge in [0.2, 0.25) is 10.0 Å². The summed E-state index contributed by atoms with van der Waals surface area (Å²) in [5.41, 5.74) is -0.635. The van der Waals surface area contributed by atoms with Crippen molar-refractivity contribution in [2.45, 2.75) is 38.6 Å². The minimum atomic E-state index is -3.54. The van der Waals surface area contributed by atoms with E-state index in [9.17, 15) is 22.4 Å². The first-order valence-electron chi connectivity index (χ1n) is 8.11. The molecule has 1 aromatic rings. The Morgan fingerprint density at radius 3 is 2.62 bits per heavy atom. The smallest absolute Gasteiger partial charge is 0.319 e. The largest absolute Gasteiger partial charge is 0.481 e. The van der Waals surface area contributed by atoms with E-state index in [1.165, 1.54) is 12.1 Å². The van der Waals surface area contributed by atoms with E-state index in [1.54, 1.807) is 13.8 Å². The van der Waals surface area contributed by atoms with Gasteiger partial charge in [0.15, 0.2) is 0 Å². The minimum Gasteiger partial charge on any atom is -0.481 e. The van der Waals surface area contributed by atoms with E-state index in [0.717, 1.165) is 10.4 Å². The highest BCUT2D eigenvalue weighted by Crippen LogP contribution is 2.29. The maximum absolute atomic E-state index is 14.1. The number of carboxylic acids is 1. The highest BCUT2D eigenvalue weighted by molar-refractivity contribution is 7.93. The van der Waals surface area contributed by atoms with Crippen LogP contribution in [0.3, 0.4) is 0 Å². The van der Waals surface area contributed by atoms with Crippen LogP contribution in [0.5, 0.6) is 0 Å². The predicted molar refractivity (Wildman–Crippen MR) is 95.3 cm³/mol. The van der Waals surface area contributed by atoms with E-state index in [2.05, 4.69) is 10.6 Å². The molecule has 0 radical (unpaired) electrons. The number of hydrogen-bond acceptors (Lipinski definition) is 4. The van der Waals surface area contributed by atoms with E-state index in [4.69, 9.17) is 5.11 Å². The number of carboxylic acid groups (broad SMARTS) is 1. The monoisotopic (exact) mass is 387 g/mol. The Hall–Kier alpha value is -2.36. The second-order valence-electron chi connectivity index (χ2n) is 6.76. The highest BCUT2D eigenvalue weighted by atomic mass is 32.2. The molecule has 0 aliphatic carbocycles. The predicted octanol–water partition coefficient (Wildman–Crippen LogP) is 2.13. The van der Waals surface area contributed by atoms with Crippen LogP contribution < -0.4 is 14.9 Å². The van der Waals surface area contributed by atoms with Gasteiger partial charge in [0.25, 0.3) is 0 Å². The summed E-state index contributed by atoms with van der Waals surface area (Å²) in [6.07, 6.45) is 0.551. The van der Waals surface area contributed by atoms with Crippen molar-refractivity contribution in [3.63, 3.8) is 0 Å². The molecule has 26 heavy (non-hydrogen) atoms. The molecule has 3 N–H and O–H groups in total. The third-order valence-electron chi connectivity index (χ3n) is 3.99. The number of hydrogen-bond donors (Lipinski definition) is 3. The standard InChI is InChI=1S/C16H22FN3O5S/c1-16(2,7-6-14(21)22)19-15(23)18-11-4-5-12(17)13(10-11)20-8-3-9-26(20,24)25/h4-5,10H,3,6-9H2,1-2H3,(H,21,22)(H2,18,19,23). The number of rotatable bonds is 6. The molecule has 1 fully saturated rings. The molecule has 2 amide bonds. The lowest BCUT2D eigenvalue weighted by molar-refractivity contribution is -0.137. The number of amides is 2. The molecule has 1 aliphatic rings. The number of sulfonamides is 1. The zero-order valence-electron chi connectivity index (χ0n) is 14.6. The Balaban J connectivity index is 2.09. The van der Waals surface area contributed by atoms with Gasteiger partial charge in [-0.1, -0.05) is 0 Å². The summed E-state index contributed by atoms with van der Waals surface area (Å²) in [6, 6.07) is 3.09. The molecule has 8 nitrogen and oxygen atoms in total. The second-order valence-corrected chi connectivity index (χ2v) is 8.78. The first kappa shape index (κ1) is 20.0. The summed E-state index contributed by atoms with van der Waals surface area (Å²) < 4.78 is 39.0. The Bertz CT molecular complexity index is 810. The van der Waals surface area contributed by atoms with E-state index in [-0.39, 0.29) is 36.5 Å². The number of nitrogens with zero attached hydrogens (tertiary/aromatic N) is 1. The van der Waals surface area contributed by atoms with E-state index in [0.29, 0.717) is 6.42 Å². The van der Waals surface area contributed by atoms with Gasteiger partial charge in [0, 0.05) is 24.2 Å². The molecule has 1 heterocycles. The quantitative estimate of drug-likeness (QED) is 0.691. The third kappa shape index (κ3) is 5.07. The summed E-state index contributed by atoms with van der Waals surface area (Å²) in [6.45, 7) is 3.56. The summed E-state index contributed by atoms with van der Waals surface area (Å²) in [4.78, 5) is 22.8. The number of halogens is 1. The van der Waals surface area contributed by atoms with Crippen LogP contribution in [0, 0.1) is 5.82 Å². The number of carbonyl (C=O) groups excluding carboxylic acids is 1. The molecule has 1 aliphatic heterocycles. The van der Waals surface area contributed by atoms with Crippen molar-refractivity contribution in [3.8, 4) is 0 Å². The molecule has 0 saturated carbocycles. The molecule has 0 spiro atoms. The number of benzene rings is 1. The van der Waals surface area contributed by atoms with Crippen molar-refractivity contribution in [2.24, 2.45) is 0 Å². The molecule has 0 bridgehead atoms. The number of anilines is 2. The van der Waals surface area contributed by atoms with Gasteiger partial charge in [-0.25, -0.2) is 17.6 Å². The second kappa shape index (κ2) is 7.48. The fourth-order valence-electron chi connectivity index (χ4n) is 2.64. The average molecular weight is 387 g/mol. The molecule has 2 rings (SSSR count). The van der Waals surface area contributed by atoms with Crippen LogP contribution in [0.15, 0.2) is 18.2 Å². The normalized spacial score (nSPS) is 16.3. The molecule has 1 saturated heterocycles. The number of nitrogens with one attached hydrogen (secondary N) is 2. The van der Waals surface area contributed by atoms with Crippen molar-refractivity contribution >= 4 is 33.4 Å². The van der Waals surface area contributed by atoms with E-state index >= 15 is 0 Å². The van der Waals surface area contributed by atoms with Crippen molar-refractivity contribution in [1.29, 1.82) is 0 Å². The first-order chi connectivity index (χ1) is 12.0. The lowest BCUT2D eigenvalue weighted by Crippen LogP contribution is -2.45. The van der Waals surface area contributed by atoms with Crippen LogP contribution >= 0.6 is 0 Å². The minimum absolute atomic E-state index is 0.0393. The van der Waals surface area contributed by atoms with Gasteiger partial charge in [-0.2, -0.15) is 0 Å². The maximum atomic E-state index is 14.1. The lowest BCUT2D eigenvalue weighted by atomic mass is 9.99. The number of aliphatic carboxylic acids is 1. The van der Waals surface area contributed by atoms with Crippen LogP contribution in [0.2, 0.25) is 0 Å². The third-order valence-corrected chi connectivity index (χ3v) is 5.84. The van der Waals surface area contributed by atoms with Gasteiger partial charge in [0.05, 0.1) is 11.4 Å². The zero-order chi connectivity index (χ0) is 19.5. The van der Waals surface area contributed by atoms with Crippen molar-refractivity contribution in [2.75, 3.05) is 21.9 Å². The average Bonchev–Trinajstić information content (AvgIpc) is 2.86. The van der Waals surface area contributed by atoms with Crippen LogP contribution in [0.4, 0.5) is 20.6 Å². The van der Waals surface area contributed by atoms with Crippen LogP contribution in [-0.2, 0) is 14.8 Å². The fraction of sp³-hybridized carbons (Fsp3) is 0.500. The Labute approximate surface area is 151 Å². The molecular formula is C16H22FN3O5S.